The molecule has 1 saturated carbocycles. The van der Waals surface area contributed by atoms with Gasteiger partial charge in [-0.15, -0.1) is 5.10 Å². The fourth-order valence-corrected chi connectivity index (χ4v) is 3.82. The van der Waals surface area contributed by atoms with E-state index in [2.05, 4.69) is 10.4 Å². The Bertz CT molecular complexity index is 1070. The number of carbonyl (C=O) groups excluding carboxylic acids is 1. The van der Waals surface area contributed by atoms with E-state index in [4.69, 9.17) is 0 Å². The van der Waals surface area contributed by atoms with E-state index in [9.17, 15) is 23.1 Å². The Hall–Kier alpha value is -2.87. The van der Waals surface area contributed by atoms with Crippen LogP contribution in [0.5, 0.6) is 0 Å². The molecule has 3 aromatic rings. The average Bonchev–Trinajstić information content (AvgIpc) is 2.97. The zero-order valence-corrected chi connectivity index (χ0v) is 16.4. The molecular weight excluding hydrogens is 395 g/mol. The predicted octanol–water partition coefficient (Wildman–Crippen LogP) is 4.86. The minimum Gasteiger partial charge on any atom is -0.385 e. The summed E-state index contributed by atoms with van der Waals surface area (Å²) in [5, 5.41) is 17.8. The van der Waals surface area contributed by atoms with Gasteiger partial charge in [0.2, 0.25) is 5.91 Å². The van der Waals surface area contributed by atoms with Gasteiger partial charge in [0.25, 0.3) is 0 Å². The first kappa shape index (κ1) is 20.4. The molecule has 1 aliphatic carbocycles. The van der Waals surface area contributed by atoms with Crippen LogP contribution in [0.1, 0.15) is 55.2 Å². The lowest BCUT2D eigenvalue weighted by molar-refractivity contribution is -0.137. The summed E-state index contributed by atoms with van der Waals surface area (Å²) in [5.74, 6) is -0.146. The number of aromatic nitrogens is 2. The first-order chi connectivity index (χ1) is 14.1. The first-order valence-corrected chi connectivity index (χ1v) is 9.82. The number of hydrogen-bond acceptors (Lipinski definition) is 3. The van der Waals surface area contributed by atoms with E-state index < -0.39 is 23.2 Å². The van der Waals surface area contributed by atoms with E-state index in [1.54, 1.807) is 31.2 Å². The Kier molecular flexibility index (Phi) is 5.05. The molecule has 4 rings (SSSR count). The number of nitrogens with one attached hydrogen (secondary N) is 1. The van der Waals surface area contributed by atoms with Crippen LogP contribution in [-0.4, -0.2) is 20.6 Å². The standard InChI is InChI=1S/C22H22F3N3O2/c1-21(30,15-8-3-2-4-9-15)13-18(29)26-20-19(14-6-5-7-14)17-12-16(22(23,24)25)10-11-28(17)27-20/h2-4,8-12,14,30H,5-7,13H2,1H3,(H,26,27,29). The number of nitrogens with zero attached hydrogens (tertiary/aromatic N) is 2. The van der Waals surface area contributed by atoms with Gasteiger partial charge in [-0.3, -0.25) is 4.79 Å². The minimum absolute atomic E-state index is 0.0518. The molecule has 1 atom stereocenters. The number of hydrogen-bond donors (Lipinski definition) is 2. The van der Waals surface area contributed by atoms with Gasteiger partial charge in [-0.25, -0.2) is 4.52 Å². The van der Waals surface area contributed by atoms with Crippen molar-refractivity contribution < 1.29 is 23.1 Å². The van der Waals surface area contributed by atoms with Crippen LogP contribution in [0.4, 0.5) is 19.0 Å². The molecule has 5 nitrogen and oxygen atoms in total. The van der Waals surface area contributed by atoms with Gasteiger partial charge in [-0.1, -0.05) is 36.8 Å². The number of anilines is 1. The highest BCUT2D eigenvalue weighted by Gasteiger charge is 2.34. The number of pyridine rings is 1. The monoisotopic (exact) mass is 417 g/mol. The molecule has 0 radical (unpaired) electrons. The molecule has 0 bridgehead atoms. The molecule has 1 unspecified atom stereocenters. The summed E-state index contributed by atoms with van der Waals surface area (Å²) >= 11 is 0. The molecule has 2 N–H and O–H groups in total. The summed E-state index contributed by atoms with van der Waals surface area (Å²) in [4.78, 5) is 12.7. The normalized spacial score (nSPS) is 16.8. The lowest BCUT2D eigenvalue weighted by atomic mass is 9.80. The fourth-order valence-electron chi connectivity index (χ4n) is 3.82. The van der Waals surface area contributed by atoms with Crippen LogP contribution in [0.25, 0.3) is 5.52 Å². The van der Waals surface area contributed by atoms with Crippen molar-refractivity contribution in [2.75, 3.05) is 5.32 Å². The van der Waals surface area contributed by atoms with Gasteiger partial charge in [0, 0.05) is 11.8 Å². The summed E-state index contributed by atoms with van der Waals surface area (Å²) < 4.78 is 40.9. The summed E-state index contributed by atoms with van der Waals surface area (Å²) in [6.07, 6.45) is -0.749. The van der Waals surface area contributed by atoms with Gasteiger partial charge >= 0.3 is 6.18 Å². The summed E-state index contributed by atoms with van der Waals surface area (Å²) in [7, 11) is 0. The predicted molar refractivity (Wildman–Crippen MR) is 106 cm³/mol. The molecule has 1 aromatic carbocycles. The maximum Gasteiger partial charge on any atom is 0.416 e. The van der Waals surface area contributed by atoms with E-state index in [0.29, 0.717) is 16.6 Å². The molecule has 158 valence electrons. The molecule has 0 saturated heterocycles. The molecule has 2 heterocycles. The Morgan fingerprint density at radius 1 is 1.20 bits per heavy atom. The number of aliphatic hydroxyl groups is 1. The lowest BCUT2D eigenvalue weighted by Crippen LogP contribution is -2.29. The zero-order chi connectivity index (χ0) is 21.5. The Labute approximate surface area is 171 Å². The highest BCUT2D eigenvalue weighted by Crippen LogP contribution is 2.43. The second-order valence-corrected chi connectivity index (χ2v) is 8.00. The Morgan fingerprint density at radius 2 is 1.90 bits per heavy atom. The number of benzene rings is 1. The summed E-state index contributed by atoms with van der Waals surface area (Å²) in [6.45, 7) is 1.55. The van der Waals surface area contributed by atoms with E-state index in [0.717, 1.165) is 31.4 Å². The molecule has 30 heavy (non-hydrogen) atoms. The second kappa shape index (κ2) is 7.43. The van der Waals surface area contributed by atoms with Crippen LogP contribution in [-0.2, 0) is 16.6 Å². The maximum absolute atomic E-state index is 13.2. The Balaban J connectivity index is 1.64. The van der Waals surface area contributed by atoms with Crippen LogP contribution in [0.3, 0.4) is 0 Å². The maximum atomic E-state index is 13.2. The highest BCUT2D eigenvalue weighted by molar-refractivity contribution is 5.92. The third-order valence-corrected chi connectivity index (χ3v) is 5.67. The van der Waals surface area contributed by atoms with Gasteiger partial charge in [0.05, 0.1) is 23.1 Å². The number of rotatable bonds is 5. The van der Waals surface area contributed by atoms with E-state index in [-0.39, 0.29) is 18.2 Å². The van der Waals surface area contributed by atoms with Crippen LogP contribution in [0.15, 0.2) is 48.7 Å². The van der Waals surface area contributed by atoms with Crippen LogP contribution in [0, 0.1) is 0 Å². The van der Waals surface area contributed by atoms with Crippen molar-refractivity contribution in [3.63, 3.8) is 0 Å². The lowest BCUT2D eigenvalue weighted by Gasteiger charge is -2.26. The molecule has 0 aliphatic heterocycles. The Morgan fingerprint density at radius 3 is 2.50 bits per heavy atom. The van der Waals surface area contributed by atoms with Crippen molar-refractivity contribution in [1.29, 1.82) is 0 Å². The van der Waals surface area contributed by atoms with E-state index >= 15 is 0 Å². The van der Waals surface area contributed by atoms with Gasteiger partial charge in [0.1, 0.15) is 0 Å². The first-order valence-electron chi connectivity index (χ1n) is 9.82. The minimum atomic E-state index is -4.46. The molecule has 0 spiro atoms. The number of carbonyl (C=O) groups is 1. The van der Waals surface area contributed by atoms with E-state index in [1.807, 2.05) is 6.07 Å². The molecule has 1 amide bonds. The van der Waals surface area contributed by atoms with Crippen molar-refractivity contribution in [3.8, 4) is 0 Å². The largest absolute Gasteiger partial charge is 0.416 e. The van der Waals surface area contributed by atoms with Crippen molar-refractivity contribution in [3.05, 3.63) is 65.4 Å². The van der Waals surface area contributed by atoms with Gasteiger partial charge in [-0.05, 0) is 43.4 Å². The van der Waals surface area contributed by atoms with Crippen LogP contribution >= 0.6 is 0 Å². The molecule has 1 aliphatic rings. The summed E-state index contributed by atoms with van der Waals surface area (Å²) in [6, 6.07) is 10.9. The number of halogens is 3. The zero-order valence-electron chi connectivity index (χ0n) is 16.4. The molecule has 1 fully saturated rings. The molecule has 2 aromatic heterocycles. The number of alkyl halides is 3. The highest BCUT2D eigenvalue weighted by atomic mass is 19.4. The van der Waals surface area contributed by atoms with Crippen LogP contribution < -0.4 is 5.32 Å². The quantitative estimate of drug-likeness (QED) is 0.623. The van der Waals surface area contributed by atoms with Crippen molar-refractivity contribution in [2.24, 2.45) is 0 Å². The van der Waals surface area contributed by atoms with Crippen molar-refractivity contribution in [1.82, 2.24) is 9.61 Å². The molecular formula is C22H22F3N3O2. The van der Waals surface area contributed by atoms with Crippen molar-refractivity contribution in [2.45, 2.75) is 50.3 Å². The second-order valence-electron chi connectivity index (χ2n) is 8.00. The topological polar surface area (TPSA) is 66.6 Å². The fraction of sp³-hybridized carbons (Fsp3) is 0.364. The van der Waals surface area contributed by atoms with E-state index in [1.165, 1.54) is 10.7 Å². The smallest absolute Gasteiger partial charge is 0.385 e. The SMILES string of the molecule is CC(O)(CC(=O)Nc1nn2ccc(C(F)(F)F)cc2c1C1CCC1)c1ccccc1. The van der Waals surface area contributed by atoms with Gasteiger partial charge in [0.15, 0.2) is 5.82 Å². The third-order valence-electron chi connectivity index (χ3n) is 5.67. The number of amides is 1. The van der Waals surface area contributed by atoms with Gasteiger partial charge in [-0.2, -0.15) is 13.2 Å². The van der Waals surface area contributed by atoms with Gasteiger partial charge < -0.3 is 10.4 Å². The average molecular weight is 417 g/mol. The third kappa shape index (κ3) is 3.92. The molecule has 8 heteroatoms. The van der Waals surface area contributed by atoms with Crippen molar-refractivity contribution >= 4 is 17.2 Å². The summed E-state index contributed by atoms with van der Waals surface area (Å²) in [5.41, 5.74) is -0.561. The number of fused-ring (bicyclic) bond motifs is 1. The van der Waals surface area contributed by atoms with Crippen LogP contribution in [0.2, 0.25) is 0 Å².